The normalized spacial score (nSPS) is 15.6. The molecule has 6 nitrogen and oxygen atoms in total. The monoisotopic (exact) mass is 469 g/mol. The van der Waals surface area contributed by atoms with Gasteiger partial charge in [0.2, 0.25) is 15.9 Å². The molecule has 2 aromatic carbocycles. The van der Waals surface area contributed by atoms with Crippen LogP contribution in [0.4, 0.5) is 5.13 Å². The third-order valence-corrected chi connectivity index (χ3v) is 8.75. The zero-order chi connectivity index (χ0) is 22.7. The molecule has 1 saturated heterocycles. The fourth-order valence-electron chi connectivity index (χ4n) is 3.83. The van der Waals surface area contributed by atoms with Gasteiger partial charge in [0.05, 0.1) is 4.90 Å². The lowest BCUT2D eigenvalue weighted by molar-refractivity contribution is -0.120. The number of nitrogens with one attached hydrogen (secondary N) is 1. The molecular weight excluding hydrogens is 442 g/mol. The van der Waals surface area contributed by atoms with Gasteiger partial charge in [-0.25, -0.2) is 13.4 Å². The van der Waals surface area contributed by atoms with Crippen molar-refractivity contribution in [2.75, 3.05) is 18.4 Å². The Morgan fingerprint density at radius 3 is 2.50 bits per heavy atom. The Morgan fingerprint density at radius 1 is 1.09 bits per heavy atom. The summed E-state index contributed by atoms with van der Waals surface area (Å²) in [5.74, 6) is -0.309. The highest BCUT2D eigenvalue weighted by atomic mass is 32.2. The standard InChI is InChI=1S/C24H27N3O3S2/c1-17-8-9-22(14-18(17)2)32(29,30)27-12-10-20(11-13-27)23(28)26-24-25-16-21(31-24)15-19-6-4-3-5-7-19/h3-9,14,16,20H,10-13,15H2,1-2H3,(H,25,26,28). The van der Waals surface area contributed by atoms with E-state index in [-0.39, 0.29) is 11.8 Å². The van der Waals surface area contributed by atoms with E-state index in [0.717, 1.165) is 22.4 Å². The van der Waals surface area contributed by atoms with E-state index < -0.39 is 10.0 Å². The first kappa shape index (κ1) is 22.6. The molecule has 1 amide bonds. The van der Waals surface area contributed by atoms with Gasteiger partial charge in [-0.05, 0) is 55.5 Å². The lowest BCUT2D eigenvalue weighted by Crippen LogP contribution is -2.41. The highest BCUT2D eigenvalue weighted by Crippen LogP contribution is 2.27. The number of piperidine rings is 1. The Bertz CT molecular complexity index is 1200. The molecule has 1 aliphatic rings. The van der Waals surface area contributed by atoms with Gasteiger partial charge in [0.15, 0.2) is 5.13 Å². The Hall–Kier alpha value is -2.55. The summed E-state index contributed by atoms with van der Waals surface area (Å²) in [5.41, 5.74) is 3.22. The summed E-state index contributed by atoms with van der Waals surface area (Å²) in [7, 11) is -3.54. The Labute approximate surface area is 193 Å². The van der Waals surface area contributed by atoms with Crippen molar-refractivity contribution >= 4 is 32.4 Å². The number of hydrogen-bond acceptors (Lipinski definition) is 5. The SMILES string of the molecule is Cc1ccc(S(=O)(=O)N2CCC(C(=O)Nc3ncc(Cc4ccccc4)s3)CC2)cc1C. The number of rotatable bonds is 6. The Balaban J connectivity index is 1.33. The number of thiazole rings is 1. The quantitative estimate of drug-likeness (QED) is 0.581. The number of anilines is 1. The van der Waals surface area contributed by atoms with E-state index >= 15 is 0 Å². The van der Waals surface area contributed by atoms with Crippen molar-refractivity contribution in [1.82, 2.24) is 9.29 Å². The van der Waals surface area contributed by atoms with E-state index in [9.17, 15) is 13.2 Å². The predicted octanol–water partition coefficient (Wildman–Crippen LogP) is 4.39. The first-order valence-electron chi connectivity index (χ1n) is 10.7. The summed E-state index contributed by atoms with van der Waals surface area (Å²) in [5, 5.41) is 3.51. The van der Waals surface area contributed by atoms with Gasteiger partial charge in [0, 0.05) is 36.5 Å². The molecule has 0 bridgehead atoms. The number of benzene rings is 2. The van der Waals surface area contributed by atoms with E-state index in [4.69, 9.17) is 0 Å². The number of hydrogen-bond donors (Lipinski definition) is 1. The average molecular weight is 470 g/mol. The topological polar surface area (TPSA) is 79.4 Å². The number of carbonyl (C=O) groups excluding carboxylic acids is 1. The van der Waals surface area contributed by atoms with Crippen molar-refractivity contribution in [2.24, 2.45) is 5.92 Å². The van der Waals surface area contributed by atoms with Crippen LogP contribution in [0, 0.1) is 19.8 Å². The number of aryl methyl sites for hydroxylation is 2. The molecule has 3 aromatic rings. The predicted molar refractivity (Wildman–Crippen MR) is 127 cm³/mol. The van der Waals surface area contributed by atoms with Crippen molar-refractivity contribution in [3.05, 3.63) is 76.3 Å². The summed E-state index contributed by atoms with van der Waals surface area (Å²) in [6, 6.07) is 15.3. The molecule has 0 aliphatic carbocycles. The van der Waals surface area contributed by atoms with Crippen LogP contribution in [0.3, 0.4) is 0 Å². The van der Waals surface area contributed by atoms with Crippen LogP contribution in [0.15, 0.2) is 59.6 Å². The van der Waals surface area contributed by atoms with Gasteiger partial charge < -0.3 is 5.32 Å². The largest absolute Gasteiger partial charge is 0.302 e. The average Bonchev–Trinajstić information content (AvgIpc) is 3.23. The zero-order valence-electron chi connectivity index (χ0n) is 18.2. The van der Waals surface area contributed by atoms with Crippen molar-refractivity contribution < 1.29 is 13.2 Å². The van der Waals surface area contributed by atoms with Gasteiger partial charge in [0.1, 0.15) is 0 Å². The molecule has 1 N–H and O–H groups in total. The van der Waals surface area contributed by atoms with Crippen LogP contribution in [0.1, 0.15) is 34.4 Å². The highest BCUT2D eigenvalue weighted by Gasteiger charge is 2.32. The van der Waals surface area contributed by atoms with Crippen LogP contribution in [0.2, 0.25) is 0 Å². The zero-order valence-corrected chi connectivity index (χ0v) is 19.9. The molecule has 0 unspecified atom stereocenters. The number of aromatic nitrogens is 1. The molecule has 168 valence electrons. The lowest BCUT2D eigenvalue weighted by Gasteiger charge is -2.30. The minimum atomic E-state index is -3.54. The van der Waals surface area contributed by atoms with Gasteiger partial charge in [-0.3, -0.25) is 4.79 Å². The van der Waals surface area contributed by atoms with Gasteiger partial charge in [0.25, 0.3) is 0 Å². The van der Waals surface area contributed by atoms with Crippen molar-refractivity contribution in [1.29, 1.82) is 0 Å². The third-order valence-electron chi connectivity index (χ3n) is 5.95. The Kier molecular flexibility index (Phi) is 6.74. The van der Waals surface area contributed by atoms with Crippen molar-refractivity contribution in [3.8, 4) is 0 Å². The molecule has 0 radical (unpaired) electrons. The maximum absolute atomic E-state index is 13.0. The van der Waals surface area contributed by atoms with E-state index in [2.05, 4.69) is 22.4 Å². The van der Waals surface area contributed by atoms with E-state index in [1.807, 2.05) is 38.1 Å². The molecule has 0 atom stereocenters. The summed E-state index contributed by atoms with van der Waals surface area (Å²) >= 11 is 1.48. The first-order valence-corrected chi connectivity index (χ1v) is 13.0. The molecular formula is C24H27N3O3S2. The van der Waals surface area contributed by atoms with Crippen LogP contribution >= 0.6 is 11.3 Å². The lowest BCUT2D eigenvalue weighted by atomic mass is 9.97. The van der Waals surface area contributed by atoms with Gasteiger partial charge in [-0.15, -0.1) is 11.3 Å². The maximum atomic E-state index is 13.0. The molecule has 0 spiro atoms. The molecule has 1 aromatic heterocycles. The summed E-state index contributed by atoms with van der Waals surface area (Å²) in [6.07, 6.45) is 3.57. The van der Waals surface area contributed by atoms with Crippen molar-refractivity contribution in [3.63, 3.8) is 0 Å². The van der Waals surface area contributed by atoms with Crippen LogP contribution in [-0.2, 0) is 21.2 Å². The summed E-state index contributed by atoms with van der Waals surface area (Å²) < 4.78 is 27.5. The minimum Gasteiger partial charge on any atom is -0.302 e. The molecule has 2 heterocycles. The number of sulfonamides is 1. The smallest absolute Gasteiger partial charge is 0.243 e. The third kappa shape index (κ3) is 5.09. The van der Waals surface area contributed by atoms with E-state index in [1.165, 1.54) is 21.2 Å². The number of carbonyl (C=O) groups is 1. The highest BCUT2D eigenvalue weighted by molar-refractivity contribution is 7.89. The number of amides is 1. The summed E-state index contributed by atoms with van der Waals surface area (Å²) in [4.78, 5) is 18.5. The fraction of sp³-hybridized carbons (Fsp3) is 0.333. The van der Waals surface area contributed by atoms with Crippen LogP contribution in [-0.4, -0.2) is 36.7 Å². The second-order valence-electron chi connectivity index (χ2n) is 8.21. The molecule has 4 rings (SSSR count). The van der Waals surface area contributed by atoms with Gasteiger partial charge in [-0.2, -0.15) is 4.31 Å². The minimum absolute atomic E-state index is 0.0890. The first-order chi connectivity index (χ1) is 15.3. The number of nitrogens with zero attached hydrogens (tertiary/aromatic N) is 2. The maximum Gasteiger partial charge on any atom is 0.243 e. The molecule has 1 fully saturated rings. The fourth-order valence-corrected chi connectivity index (χ4v) is 6.24. The molecule has 32 heavy (non-hydrogen) atoms. The van der Waals surface area contributed by atoms with Crippen LogP contribution < -0.4 is 5.32 Å². The molecule has 0 saturated carbocycles. The molecule has 8 heteroatoms. The second-order valence-corrected chi connectivity index (χ2v) is 11.3. The Morgan fingerprint density at radius 2 is 1.81 bits per heavy atom. The van der Waals surface area contributed by atoms with E-state index in [1.54, 1.807) is 18.3 Å². The van der Waals surface area contributed by atoms with E-state index in [0.29, 0.717) is 36.0 Å². The van der Waals surface area contributed by atoms with Crippen LogP contribution in [0.25, 0.3) is 0 Å². The van der Waals surface area contributed by atoms with Crippen molar-refractivity contribution in [2.45, 2.75) is 38.0 Å². The van der Waals surface area contributed by atoms with Gasteiger partial charge >= 0.3 is 0 Å². The summed E-state index contributed by atoms with van der Waals surface area (Å²) in [6.45, 7) is 4.55. The van der Waals surface area contributed by atoms with Crippen LogP contribution in [0.5, 0.6) is 0 Å². The van der Waals surface area contributed by atoms with Gasteiger partial charge in [-0.1, -0.05) is 36.4 Å². The second kappa shape index (κ2) is 9.52. The molecule has 1 aliphatic heterocycles.